The third-order valence-corrected chi connectivity index (χ3v) is 4.75. The fourth-order valence-corrected chi connectivity index (χ4v) is 3.46. The average molecular weight is 308 g/mol. The standard InChI is InChI=1S/C16H24N2O2S/c1-21-15-9-5-4-8-14(15)17-16(20)12-18(10-11-19)13-6-2-3-7-13/h4-5,8-9,13,19H,2-3,6-7,10-12H2,1H3,(H,17,20). The van der Waals surface area contributed by atoms with Gasteiger partial charge in [0.1, 0.15) is 0 Å². The molecule has 4 nitrogen and oxygen atoms in total. The molecule has 0 radical (unpaired) electrons. The fraction of sp³-hybridized carbons (Fsp3) is 0.562. The number of carbonyl (C=O) groups excluding carboxylic acids is 1. The number of carbonyl (C=O) groups is 1. The summed E-state index contributed by atoms with van der Waals surface area (Å²) in [5.41, 5.74) is 0.866. The number of rotatable bonds is 7. The van der Waals surface area contributed by atoms with Gasteiger partial charge in [0.15, 0.2) is 0 Å². The number of aliphatic hydroxyl groups excluding tert-OH is 1. The van der Waals surface area contributed by atoms with Crippen molar-refractivity contribution in [1.29, 1.82) is 0 Å². The highest BCUT2D eigenvalue weighted by molar-refractivity contribution is 7.98. The molecule has 5 heteroatoms. The van der Waals surface area contributed by atoms with E-state index in [0.717, 1.165) is 23.4 Å². The third kappa shape index (κ3) is 4.73. The Kier molecular flexibility index (Phi) is 6.54. The van der Waals surface area contributed by atoms with Crippen molar-refractivity contribution in [2.75, 3.05) is 31.3 Å². The quantitative estimate of drug-likeness (QED) is 0.760. The van der Waals surface area contributed by atoms with Crippen LogP contribution < -0.4 is 5.32 Å². The molecule has 0 heterocycles. The van der Waals surface area contributed by atoms with Gasteiger partial charge in [0, 0.05) is 17.5 Å². The molecule has 1 aromatic rings. The first-order valence-electron chi connectivity index (χ1n) is 7.52. The number of benzene rings is 1. The molecule has 0 bridgehead atoms. The van der Waals surface area contributed by atoms with Gasteiger partial charge in [-0.15, -0.1) is 11.8 Å². The van der Waals surface area contributed by atoms with E-state index >= 15 is 0 Å². The SMILES string of the molecule is CSc1ccccc1NC(=O)CN(CCO)C1CCCC1. The largest absolute Gasteiger partial charge is 0.395 e. The summed E-state index contributed by atoms with van der Waals surface area (Å²) in [5, 5.41) is 12.2. The molecule has 0 saturated heterocycles. The van der Waals surface area contributed by atoms with Gasteiger partial charge in [-0.05, 0) is 31.2 Å². The lowest BCUT2D eigenvalue weighted by atomic mass is 10.2. The molecule has 1 fully saturated rings. The number of nitrogens with zero attached hydrogens (tertiary/aromatic N) is 1. The summed E-state index contributed by atoms with van der Waals surface area (Å²) < 4.78 is 0. The van der Waals surface area contributed by atoms with Crippen molar-refractivity contribution in [3.05, 3.63) is 24.3 Å². The summed E-state index contributed by atoms with van der Waals surface area (Å²) in [6.45, 7) is 1.03. The minimum absolute atomic E-state index is 0.00292. The van der Waals surface area contributed by atoms with Gasteiger partial charge in [0.25, 0.3) is 0 Å². The summed E-state index contributed by atoms with van der Waals surface area (Å²) in [6.07, 6.45) is 6.72. The highest BCUT2D eigenvalue weighted by atomic mass is 32.2. The van der Waals surface area contributed by atoms with Crippen LogP contribution in [0.25, 0.3) is 0 Å². The second-order valence-electron chi connectivity index (χ2n) is 5.38. The summed E-state index contributed by atoms with van der Waals surface area (Å²) >= 11 is 1.62. The number of hydrogen-bond acceptors (Lipinski definition) is 4. The van der Waals surface area contributed by atoms with Crippen LogP contribution in [0.5, 0.6) is 0 Å². The maximum Gasteiger partial charge on any atom is 0.238 e. The van der Waals surface area contributed by atoms with Crippen LogP contribution in [0.3, 0.4) is 0 Å². The van der Waals surface area contributed by atoms with Gasteiger partial charge in [-0.25, -0.2) is 0 Å². The summed E-state index contributed by atoms with van der Waals surface area (Å²) in [4.78, 5) is 15.5. The van der Waals surface area contributed by atoms with Crippen molar-refractivity contribution in [1.82, 2.24) is 4.90 Å². The summed E-state index contributed by atoms with van der Waals surface area (Å²) in [5.74, 6) is -0.00292. The monoisotopic (exact) mass is 308 g/mol. The van der Waals surface area contributed by atoms with Gasteiger partial charge in [0.05, 0.1) is 18.8 Å². The molecular weight excluding hydrogens is 284 g/mol. The van der Waals surface area contributed by atoms with Crippen LogP contribution in [0.1, 0.15) is 25.7 Å². The third-order valence-electron chi connectivity index (χ3n) is 3.96. The Morgan fingerprint density at radius 3 is 2.76 bits per heavy atom. The summed E-state index contributed by atoms with van der Waals surface area (Å²) in [6, 6.07) is 8.27. The predicted molar refractivity (Wildman–Crippen MR) is 87.8 cm³/mol. The molecule has 0 atom stereocenters. The van der Waals surface area contributed by atoms with Crippen molar-refractivity contribution in [2.45, 2.75) is 36.6 Å². The smallest absolute Gasteiger partial charge is 0.238 e. The predicted octanol–water partition coefficient (Wildman–Crippen LogP) is 2.58. The molecule has 1 aromatic carbocycles. The number of thioether (sulfide) groups is 1. The van der Waals surface area contributed by atoms with E-state index in [2.05, 4.69) is 10.2 Å². The molecule has 116 valence electrons. The number of aliphatic hydroxyl groups is 1. The van der Waals surface area contributed by atoms with Crippen LogP contribution in [0.4, 0.5) is 5.69 Å². The Labute approximate surface area is 130 Å². The normalized spacial score (nSPS) is 15.6. The first-order valence-corrected chi connectivity index (χ1v) is 8.75. The zero-order valence-corrected chi connectivity index (χ0v) is 13.4. The number of hydrogen-bond donors (Lipinski definition) is 2. The Morgan fingerprint density at radius 2 is 2.10 bits per heavy atom. The van der Waals surface area contributed by atoms with Crippen molar-refractivity contribution in [3.8, 4) is 0 Å². The highest BCUT2D eigenvalue weighted by Crippen LogP contribution is 2.25. The van der Waals surface area contributed by atoms with Gasteiger partial charge in [0.2, 0.25) is 5.91 Å². The van der Waals surface area contributed by atoms with Crippen LogP contribution in [-0.4, -0.2) is 47.9 Å². The molecule has 2 N–H and O–H groups in total. The number of nitrogens with one attached hydrogen (secondary N) is 1. The lowest BCUT2D eigenvalue weighted by molar-refractivity contribution is -0.118. The van der Waals surface area contributed by atoms with Gasteiger partial charge >= 0.3 is 0 Å². The lowest BCUT2D eigenvalue weighted by Crippen LogP contribution is -2.41. The minimum atomic E-state index is -0.00292. The van der Waals surface area contributed by atoms with Crippen molar-refractivity contribution in [3.63, 3.8) is 0 Å². The second-order valence-corrected chi connectivity index (χ2v) is 6.23. The molecule has 2 rings (SSSR count). The van der Waals surface area contributed by atoms with Crippen LogP contribution in [0, 0.1) is 0 Å². The van der Waals surface area contributed by atoms with Gasteiger partial charge in [-0.2, -0.15) is 0 Å². The topological polar surface area (TPSA) is 52.6 Å². The number of anilines is 1. The Hall–Kier alpha value is -1.04. The number of para-hydroxylation sites is 1. The van der Waals surface area contributed by atoms with Crippen molar-refractivity contribution >= 4 is 23.4 Å². The molecule has 0 spiro atoms. The zero-order chi connectivity index (χ0) is 15.1. The van der Waals surface area contributed by atoms with E-state index in [9.17, 15) is 9.90 Å². The Bertz CT molecular complexity index is 461. The van der Waals surface area contributed by atoms with Gasteiger partial charge < -0.3 is 10.4 Å². The van der Waals surface area contributed by atoms with E-state index in [0.29, 0.717) is 19.1 Å². The van der Waals surface area contributed by atoms with Crippen molar-refractivity contribution in [2.24, 2.45) is 0 Å². The van der Waals surface area contributed by atoms with Crippen LogP contribution in [0.15, 0.2) is 29.2 Å². The maximum atomic E-state index is 12.3. The van der Waals surface area contributed by atoms with Gasteiger partial charge in [-0.3, -0.25) is 9.69 Å². The number of amides is 1. The molecule has 0 aliphatic heterocycles. The van der Waals surface area contributed by atoms with E-state index in [1.54, 1.807) is 11.8 Å². The van der Waals surface area contributed by atoms with E-state index < -0.39 is 0 Å². The Balaban J connectivity index is 1.95. The van der Waals surface area contributed by atoms with E-state index in [1.807, 2.05) is 30.5 Å². The van der Waals surface area contributed by atoms with Crippen molar-refractivity contribution < 1.29 is 9.90 Å². The fourth-order valence-electron chi connectivity index (χ4n) is 2.91. The Morgan fingerprint density at radius 1 is 1.38 bits per heavy atom. The molecule has 1 aliphatic carbocycles. The van der Waals surface area contributed by atoms with Gasteiger partial charge in [-0.1, -0.05) is 25.0 Å². The second kappa shape index (κ2) is 8.41. The first-order chi connectivity index (χ1) is 10.2. The van der Waals surface area contributed by atoms with Crippen LogP contribution in [0.2, 0.25) is 0 Å². The molecule has 21 heavy (non-hydrogen) atoms. The first kappa shape index (κ1) is 16.3. The van der Waals surface area contributed by atoms with Crippen LogP contribution >= 0.6 is 11.8 Å². The molecule has 1 saturated carbocycles. The van der Waals surface area contributed by atoms with E-state index in [4.69, 9.17) is 0 Å². The lowest BCUT2D eigenvalue weighted by Gasteiger charge is -2.27. The maximum absolute atomic E-state index is 12.3. The van der Waals surface area contributed by atoms with Crippen LogP contribution in [-0.2, 0) is 4.79 Å². The highest BCUT2D eigenvalue weighted by Gasteiger charge is 2.24. The molecule has 1 amide bonds. The van der Waals surface area contributed by atoms with E-state index in [1.165, 1.54) is 12.8 Å². The summed E-state index contributed by atoms with van der Waals surface area (Å²) in [7, 11) is 0. The molecule has 1 aliphatic rings. The molecule has 0 unspecified atom stereocenters. The van der Waals surface area contributed by atoms with E-state index in [-0.39, 0.29) is 12.5 Å². The zero-order valence-electron chi connectivity index (χ0n) is 12.5. The minimum Gasteiger partial charge on any atom is -0.395 e. The molecule has 0 aromatic heterocycles. The molecular formula is C16H24N2O2S. The average Bonchev–Trinajstić information content (AvgIpc) is 3.01.